The van der Waals surface area contributed by atoms with E-state index < -0.39 is 9.84 Å². The Morgan fingerprint density at radius 2 is 1.92 bits per heavy atom. The van der Waals surface area contributed by atoms with Crippen molar-refractivity contribution < 1.29 is 8.42 Å². The van der Waals surface area contributed by atoms with E-state index in [4.69, 9.17) is 0 Å². The van der Waals surface area contributed by atoms with E-state index in [2.05, 4.69) is 15.6 Å². The number of benzene rings is 1. The summed E-state index contributed by atoms with van der Waals surface area (Å²) in [5.74, 6) is 0.831. The third kappa shape index (κ3) is 5.98. The van der Waals surface area contributed by atoms with E-state index >= 15 is 0 Å². The Hall–Kier alpha value is -1.86. The molecule has 0 atom stereocenters. The maximum atomic E-state index is 12.2. The molecule has 0 aliphatic heterocycles. The number of aliphatic imine (C=N–C) groups is 1. The Morgan fingerprint density at radius 3 is 2.58 bits per heavy atom. The van der Waals surface area contributed by atoms with Crippen LogP contribution in [0.15, 0.2) is 57.7 Å². The van der Waals surface area contributed by atoms with Crippen molar-refractivity contribution in [2.75, 3.05) is 18.8 Å². The molecular weight excluding hydrogens is 342 g/mol. The summed E-state index contributed by atoms with van der Waals surface area (Å²) in [4.78, 5) is 6.07. The van der Waals surface area contributed by atoms with Crippen LogP contribution in [0, 0.1) is 0 Å². The molecule has 0 unspecified atom stereocenters. The predicted molar refractivity (Wildman–Crippen MR) is 100 cm³/mol. The Balaban J connectivity index is 1.81. The quantitative estimate of drug-likeness (QED) is 0.429. The van der Waals surface area contributed by atoms with Gasteiger partial charge in [0.1, 0.15) is 0 Å². The second kappa shape index (κ2) is 9.44. The highest BCUT2D eigenvalue weighted by Crippen LogP contribution is 2.11. The zero-order chi connectivity index (χ0) is 17.3. The van der Waals surface area contributed by atoms with Crippen LogP contribution in [-0.2, 0) is 16.4 Å². The lowest BCUT2D eigenvalue weighted by atomic mass is 10.4. The van der Waals surface area contributed by atoms with Crippen LogP contribution >= 0.6 is 11.3 Å². The van der Waals surface area contributed by atoms with E-state index in [9.17, 15) is 8.42 Å². The van der Waals surface area contributed by atoms with Crippen LogP contribution < -0.4 is 10.6 Å². The maximum Gasteiger partial charge on any atom is 0.191 e. The van der Waals surface area contributed by atoms with E-state index in [1.54, 1.807) is 35.6 Å². The van der Waals surface area contributed by atoms with Gasteiger partial charge in [-0.1, -0.05) is 24.3 Å². The highest BCUT2D eigenvalue weighted by Gasteiger charge is 2.13. The van der Waals surface area contributed by atoms with Crippen molar-refractivity contribution in [1.29, 1.82) is 0 Å². The molecule has 0 saturated carbocycles. The molecule has 0 radical (unpaired) electrons. The largest absolute Gasteiger partial charge is 0.357 e. The van der Waals surface area contributed by atoms with Crippen molar-refractivity contribution in [2.24, 2.45) is 4.99 Å². The number of rotatable bonds is 8. The third-order valence-electron chi connectivity index (χ3n) is 3.30. The van der Waals surface area contributed by atoms with Gasteiger partial charge in [-0.3, -0.25) is 0 Å². The summed E-state index contributed by atoms with van der Waals surface area (Å²) in [6.45, 7) is 3.94. The first-order valence-corrected chi connectivity index (χ1v) is 10.5. The number of nitrogens with zero attached hydrogens (tertiary/aromatic N) is 1. The average molecular weight is 366 g/mol. The molecule has 0 aliphatic carbocycles. The summed E-state index contributed by atoms with van der Waals surface area (Å²) in [5.41, 5.74) is 0. The Bertz CT molecular complexity index is 726. The van der Waals surface area contributed by atoms with E-state index in [1.807, 2.05) is 30.5 Å². The summed E-state index contributed by atoms with van der Waals surface area (Å²) >= 11 is 1.67. The van der Waals surface area contributed by atoms with Gasteiger partial charge in [0.05, 0.1) is 17.2 Å². The molecule has 2 aromatic rings. The van der Waals surface area contributed by atoms with Crippen molar-refractivity contribution in [3.8, 4) is 0 Å². The Morgan fingerprint density at radius 1 is 1.12 bits per heavy atom. The van der Waals surface area contributed by atoms with Gasteiger partial charge in [-0.25, -0.2) is 13.4 Å². The second-order valence-electron chi connectivity index (χ2n) is 5.19. The van der Waals surface area contributed by atoms with Crippen molar-refractivity contribution in [3.05, 3.63) is 52.7 Å². The summed E-state index contributed by atoms with van der Waals surface area (Å²) in [7, 11) is -3.22. The van der Waals surface area contributed by atoms with E-state index in [0.717, 1.165) is 6.54 Å². The minimum Gasteiger partial charge on any atom is -0.357 e. The minimum atomic E-state index is -3.22. The minimum absolute atomic E-state index is 0.119. The van der Waals surface area contributed by atoms with Crippen LogP contribution in [0.3, 0.4) is 0 Å². The van der Waals surface area contributed by atoms with Crippen LogP contribution in [0.1, 0.15) is 18.2 Å². The van der Waals surface area contributed by atoms with Gasteiger partial charge >= 0.3 is 0 Å². The van der Waals surface area contributed by atoms with Crippen LogP contribution in [0.5, 0.6) is 0 Å². The van der Waals surface area contributed by atoms with Gasteiger partial charge in [-0.15, -0.1) is 11.3 Å². The first kappa shape index (κ1) is 18.5. The summed E-state index contributed by atoms with van der Waals surface area (Å²) in [6, 6.07) is 12.6. The van der Waals surface area contributed by atoms with Gasteiger partial charge in [0.15, 0.2) is 15.8 Å². The second-order valence-corrected chi connectivity index (χ2v) is 8.33. The monoisotopic (exact) mass is 365 g/mol. The van der Waals surface area contributed by atoms with Crippen LogP contribution in [0.2, 0.25) is 0 Å². The number of sulfone groups is 1. The number of hydrogen-bond donors (Lipinski definition) is 2. The van der Waals surface area contributed by atoms with Crippen LogP contribution in [0.4, 0.5) is 0 Å². The van der Waals surface area contributed by atoms with E-state index in [-0.39, 0.29) is 5.75 Å². The average Bonchev–Trinajstić information content (AvgIpc) is 3.11. The topological polar surface area (TPSA) is 70.6 Å². The molecule has 0 spiro atoms. The fourth-order valence-corrected chi connectivity index (χ4v) is 4.08. The first-order chi connectivity index (χ1) is 11.6. The molecule has 7 heteroatoms. The molecule has 1 aromatic carbocycles. The molecule has 0 saturated heterocycles. The molecule has 2 rings (SSSR count). The number of nitrogens with one attached hydrogen (secondary N) is 2. The van der Waals surface area contributed by atoms with Crippen LogP contribution in [-0.4, -0.2) is 33.2 Å². The third-order valence-corrected chi connectivity index (χ3v) is 5.98. The zero-order valence-electron chi connectivity index (χ0n) is 13.7. The van der Waals surface area contributed by atoms with Gasteiger partial charge < -0.3 is 10.6 Å². The van der Waals surface area contributed by atoms with Gasteiger partial charge in [0.2, 0.25) is 0 Å². The summed E-state index contributed by atoms with van der Waals surface area (Å²) in [6.07, 6.45) is 0.528. The fourth-order valence-electron chi connectivity index (χ4n) is 2.12. The lowest BCUT2D eigenvalue weighted by Gasteiger charge is -2.11. The Labute approximate surface area is 147 Å². The Kier molecular flexibility index (Phi) is 7.27. The number of guanidine groups is 1. The van der Waals surface area contributed by atoms with Gasteiger partial charge in [0, 0.05) is 18.0 Å². The van der Waals surface area contributed by atoms with Gasteiger partial charge in [-0.2, -0.15) is 0 Å². The lowest BCUT2D eigenvalue weighted by molar-refractivity contribution is 0.592. The molecule has 0 fully saturated rings. The highest BCUT2D eigenvalue weighted by atomic mass is 32.2. The molecular formula is C17H23N3O2S2. The zero-order valence-corrected chi connectivity index (χ0v) is 15.4. The molecule has 2 N–H and O–H groups in total. The number of hydrogen-bond acceptors (Lipinski definition) is 4. The first-order valence-electron chi connectivity index (χ1n) is 7.94. The molecule has 0 amide bonds. The molecule has 1 heterocycles. The predicted octanol–water partition coefficient (Wildman–Crippen LogP) is 2.67. The van der Waals surface area contributed by atoms with Crippen molar-refractivity contribution in [3.63, 3.8) is 0 Å². The molecule has 1 aromatic heterocycles. The molecule has 0 bridgehead atoms. The summed E-state index contributed by atoms with van der Waals surface area (Å²) in [5, 5.41) is 8.38. The number of thiophene rings is 1. The SMILES string of the molecule is CCNC(=NCc1cccs1)NCCCS(=O)(=O)c1ccccc1. The molecule has 0 aliphatic rings. The normalized spacial score (nSPS) is 12.1. The maximum absolute atomic E-state index is 12.2. The van der Waals surface area contributed by atoms with Crippen molar-refractivity contribution in [1.82, 2.24) is 10.6 Å². The molecule has 5 nitrogen and oxygen atoms in total. The summed E-state index contributed by atoms with van der Waals surface area (Å²) < 4.78 is 24.4. The van der Waals surface area contributed by atoms with Gasteiger partial charge in [0.25, 0.3) is 0 Å². The van der Waals surface area contributed by atoms with E-state index in [0.29, 0.717) is 30.4 Å². The fraction of sp³-hybridized carbons (Fsp3) is 0.353. The lowest BCUT2D eigenvalue weighted by Crippen LogP contribution is -2.38. The van der Waals surface area contributed by atoms with Crippen molar-refractivity contribution >= 4 is 27.1 Å². The standard InChI is InChI=1S/C17H23N3O2S2/c1-2-18-17(20-14-15-8-6-12-23-15)19-11-7-13-24(21,22)16-9-4-3-5-10-16/h3-6,8-10,12H,2,7,11,13-14H2,1H3,(H2,18,19,20). The van der Waals surface area contributed by atoms with E-state index in [1.165, 1.54) is 4.88 Å². The van der Waals surface area contributed by atoms with Gasteiger partial charge in [-0.05, 0) is 36.9 Å². The van der Waals surface area contributed by atoms with Crippen LogP contribution in [0.25, 0.3) is 0 Å². The smallest absolute Gasteiger partial charge is 0.191 e. The van der Waals surface area contributed by atoms with Crippen molar-refractivity contribution in [2.45, 2.75) is 24.8 Å². The molecule has 24 heavy (non-hydrogen) atoms. The molecule has 130 valence electrons. The highest BCUT2D eigenvalue weighted by molar-refractivity contribution is 7.91.